The minimum absolute atomic E-state index is 0.313. The molecule has 5 heteroatoms. The molecule has 0 aliphatic heterocycles. The third-order valence-electron chi connectivity index (χ3n) is 4.85. The van der Waals surface area contributed by atoms with Crippen LogP contribution in [0.15, 0.2) is 52.4 Å². The molecule has 3 aromatic rings. The number of aliphatic imine (C=N–C) groups is 2. The molecule has 3 nitrogen and oxygen atoms in total. The predicted molar refractivity (Wildman–Crippen MR) is 120 cm³/mol. The van der Waals surface area contributed by atoms with Crippen LogP contribution in [0.5, 0.6) is 0 Å². The summed E-state index contributed by atoms with van der Waals surface area (Å²) in [5, 5.41) is 0. The summed E-state index contributed by atoms with van der Waals surface area (Å²) >= 11 is 0. The van der Waals surface area contributed by atoms with Crippen LogP contribution in [0.25, 0.3) is 0 Å². The van der Waals surface area contributed by atoms with E-state index in [1.54, 1.807) is 13.8 Å². The molecule has 0 aliphatic carbocycles. The number of rotatable bonds is 4. The van der Waals surface area contributed by atoms with Crippen molar-refractivity contribution in [3.8, 4) is 0 Å². The Balaban J connectivity index is 1.99. The average molecular weight is 405 g/mol. The maximum Gasteiger partial charge on any atom is 0.149 e. The molecule has 0 saturated carbocycles. The fraction of sp³-hybridized carbons (Fsp3) is 0.240. The van der Waals surface area contributed by atoms with Gasteiger partial charge in [0.2, 0.25) is 0 Å². The second kappa shape index (κ2) is 8.66. The Morgan fingerprint density at radius 1 is 0.700 bits per heavy atom. The molecule has 0 atom stereocenters. The van der Waals surface area contributed by atoms with Gasteiger partial charge in [0.25, 0.3) is 0 Å². The molecule has 0 aliphatic rings. The van der Waals surface area contributed by atoms with Crippen molar-refractivity contribution in [3.05, 3.63) is 87.7 Å². The lowest BCUT2D eigenvalue weighted by Gasteiger charge is -2.09. The van der Waals surface area contributed by atoms with Gasteiger partial charge in [0.1, 0.15) is 23.0 Å². The number of nitrogens with zero attached hydrogens (tertiary/aromatic N) is 3. The molecule has 0 radical (unpaired) electrons. The van der Waals surface area contributed by atoms with Crippen LogP contribution in [0.2, 0.25) is 0 Å². The van der Waals surface area contributed by atoms with Crippen LogP contribution in [0.3, 0.4) is 0 Å². The van der Waals surface area contributed by atoms with Gasteiger partial charge >= 0.3 is 0 Å². The van der Waals surface area contributed by atoms with E-state index in [1.807, 2.05) is 58.0 Å². The highest BCUT2D eigenvalue weighted by molar-refractivity contribution is 6.02. The summed E-state index contributed by atoms with van der Waals surface area (Å²) in [6.07, 6.45) is 0. The van der Waals surface area contributed by atoms with Crippen molar-refractivity contribution >= 4 is 22.8 Å². The summed E-state index contributed by atoms with van der Waals surface area (Å²) < 4.78 is 28.7. The molecule has 1 heterocycles. The van der Waals surface area contributed by atoms with Gasteiger partial charge in [-0.15, -0.1) is 0 Å². The van der Waals surface area contributed by atoms with E-state index in [-0.39, 0.29) is 11.6 Å². The lowest BCUT2D eigenvalue weighted by Crippen LogP contribution is -2.05. The van der Waals surface area contributed by atoms with Crippen molar-refractivity contribution in [2.24, 2.45) is 9.98 Å². The van der Waals surface area contributed by atoms with Crippen LogP contribution < -0.4 is 0 Å². The second-order valence-electron chi connectivity index (χ2n) is 7.63. The minimum Gasteiger partial charge on any atom is -0.248 e. The van der Waals surface area contributed by atoms with E-state index in [4.69, 9.17) is 0 Å². The van der Waals surface area contributed by atoms with E-state index >= 15 is 0 Å². The van der Waals surface area contributed by atoms with Gasteiger partial charge in [-0.25, -0.2) is 23.7 Å². The maximum absolute atomic E-state index is 14.4. The van der Waals surface area contributed by atoms with E-state index in [2.05, 4.69) is 15.0 Å². The average Bonchev–Trinajstić information content (AvgIpc) is 2.67. The van der Waals surface area contributed by atoms with Gasteiger partial charge in [-0.3, -0.25) is 0 Å². The van der Waals surface area contributed by atoms with Crippen molar-refractivity contribution in [3.63, 3.8) is 0 Å². The molecule has 0 spiro atoms. The number of benzene rings is 2. The highest BCUT2D eigenvalue weighted by Crippen LogP contribution is 2.26. The first-order valence-electron chi connectivity index (χ1n) is 9.77. The third-order valence-corrected chi connectivity index (χ3v) is 4.85. The van der Waals surface area contributed by atoms with Crippen LogP contribution in [-0.4, -0.2) is 16.4 Å². The van der Waals surface area contributed by atoms with Crippen LogP contribution in [0.4, 0.5) is 20.2 Å². The highest BCUT2D eigenvalue weighted by Gasteiger charge is 2.11. The maximum atomic E-state index is 14.4. The van der Waals surface area contributed by atoms with Crippen LogP contribution in [-0.2, 0) is 0 Å². The zero-order chi connectivity index (χ0) is 22.0. The van der Waals surface area contributed by atoms with Gasteiger partial charge in [0.15, 0.2) is 0 Å². The van der Waals surface area contributed by atoms with E-state index in [1.165, 1.54) is 12.1 Å². The van der Waals surface area contributed by atoms with Crippen molar-refractivity contribution in [1.29, 1.82) is 0 Å². The zero-order valence-electron chi connectivity index (χ0n) is 18.1. The Morgan fingerprint density at radius 2 is 1.10 bits per heavy atom. The van der Waals surface area contributed by atoms with Crippen LogP contribution in [0, 0.1) is 39.3 Å². The molecule has 30 heavy (non-hydrogen) atoms. The summed E-state index contributed by atoms with van der Waals surface area (Å²) in [6.45, 7) is 11.0. The molecule has 0 saturated heterocycles. The Labute approximate surface area is 176 Å². The summed E-state index contributed by atoms with van der Waals surface area (Å²) in [7, 11) is 0. The first-order chi connectivity index (χ1) is 14.2. The standard InChI is InChI=1S/C25H25F2N3/c1-14-10-16(3)24(20(26)12-14)28-18(5)22-8-7-9-23(30-22)19(6)29-25-17(4)11-15(2)13-21(25)27/h7-13H,1-6H3. The van der Waals surface area contributed by atoms with Gasteiger partial charge in [-0.2, -0.15) is 0 Å². The molecular weight excluding hydrogens is 380 g/mol. The second-order valence-corrected chi connectivity index (χ2v) is 7.63. The van der Waals surface area contributed by atoms with Crippen molar-refractivity contribution in [2.75, 3.05) is 0 Å². The van der Waals surface area contributed by atoms with E-state index < -0.39 is 0 Å². The molecule has 154 valence electrons. The quantitative estimate of drug-likeness (QED) is 0.436. The van der Waals surface area contributed by atoms with Crippen molar-refractivity contribution in [1.82, 2.24) is 4.98 Å². The Morgan fingerprint density at radius 3 is 1.47 bits per heavy atom. The van der Waals surface area contributed by atoms with Crippen LogP contribution >= 0.6 is 0 Å². The molecule has 0 fully saturated rings. The molecule has 3 rings (SSSR count). The smallest absolute Gasteiger partial charge is 0.149 e. The van der Waals surface area contributed by atoms with E-state index in [9.17, 15) is 8.78 Å². The summed E-state index contributed by atoms with van der Waals surface area (Å²) in [4.78, 5) is 13.6. The molecule has 2 aromatic carbocycles. The topological polar surface area (TPSA) is 37.6 Å². The number of aromatic nitrogens is 1. The predicted octanol–water partition coefficient (Wildman–Crippen LogP) is 6.87. The normalized spacial score (nSPS) is 12.4. The molecule has 0 unspecified atom stereocenters. The third kappa shape index (κ3) is 4.67. The molecule has 0 amide bonds. The Hall–Kier alpha value is -3.21. The van der Waals surface area contributed by atoms with E-state index in [0.29, 0.717) is 34.2 Å². The van der Waals surface area contributed by atoms with Gasteiger partial charge < -0.3 is 0 Å². The van der Waals surface area contributed by atoms with Gasteiger partial charge in [0, 0.05) is 0 Å². The monoisotopic (exact) mass is 405 g/mol. The Bertz CT molecular complexity index is 1040. The number of hydrogen-bond donors (Lipinski definition) is 0. The lowest BCUT2D eigenvalue weighted by atomic mass is 10.1. The van der Waals surface area contributed by atoms with Gasteiger partial charge in [0.05, 0.1) is 22.8 Å². The largest absolute Gasteiger partial charge is 0.248 e. The lowest BCUT2D eigenvalue weighted by molar-refractivity contribution is 0.627. The summed E-state index contributed by atoms with van der Waals surface area (Å²) in [5.41, 5.74) is 6.28. The van der Waals surface area contributed by atoms with Gasteiger partial charge in [-0.1, -0.05) is 18.2 Å². The zero-order valence-corrected chi connectivity index (χ0v) is 18.1. The number of pyridine rings is 1. The molecule has 0 bridgehead atoms. The summed E-state index contributed by atoms with van der Waals surface area (Å²) in [5.74, 6) is -0.711. The first-order valence-corrected chi connectivity index (χ1v) is 9.77. The number of halogens is 2. The SMILES string of the molecule is CC(=Nc1c(C)cc(C)cc1F)c1cccc(C(C)=Nc2c(C)cc(C)cc2F)n1. The van der Waals surface area contributed by atoms with E-state index in [0.717, 1.165) is 22.3 Å². The Kier molecular flexibility index (Phi) is 6.20. The first kappa shape index (κ1) is 21.5. The number of aryl methyl sites for hydroxylation is 4. The van der Waals surface area contributed by atoms with Crippen molar-refractivity contribution < 1.29 is 8.78 Å². The molecule has 0 N–H and O–H groups in total. The fourth-order valence-corrected chi connectivity index (χ4v) is 3.39. The molecule has 1 aromatic heterocycles. The number of hydrogen-bond acceptors (Lipinski definition) is 3. The van der Waals surface area contributed by atoms with Crippen LogP contribution in [0.1, 0.15) is 47.5 Å². The fourth-order valence-electron chi connectivity index (χ4n) is 3.39. The van der Waals surface area contributed by atoms with Crippen molar-refractivity contribution in [2.45, 2.75) is 41.5 Å². The van der Waals surface area contributed by atoms with Gasteiger partial charge in [-0.05, 0) is 88.1 Å². The highest BCUT2D eigenvalue weighted by atomic mass is 19.1. The molecular formula is C25H25F2N3. The summed E-state index contributed by atoms with van der Waals surface area (Å²) in [6, 6.07) is 12.2. The minimum atomic E-state index is -0.355.